The predicted octanol–water partition coefficient (Wildman–Crippen LogP) is 5.25. The van der Waals surface area contributed by atoms with Gasteiger partial charge in [-0.2, -0.15) is 0 Å². The van der Waals surface area contributed by atoms with Crippen LogP contribution in [0.25, 0.3) is 11.8 Å². The summed E-state index contributed by atoms with van der Waals surface area (Å²) in [6.07, 6.45) is 1.54. The number of methoxy groups -OCH3 is 2. The van der Waals surface area contributed by atoms with Crippen LogP contribution in [0.4, 0.5) is 5.69 Å². The van der Waals surface area contributed by atoms with Gasteiger partial charge in [-0.15, -0.1) is 0 Å². The summed E-state index contributed by atoms with van der Waals surface area (Å²) >= 11 is 18.0. The monoisotopic (exact) mass is 529 g/mol. The fourth-order valence-corrected chi connectivity index (χ4v) is 4.62. The van der Waals surface area contributed by atoms with Crippen LogP contribution in [0.15, 0.2) is 48.0 Å². The average Bonchev–Trinajstić information content (AvgIpc) is 3.11. The predicted molar refractivity (Wildman–Crippen MR) is 141 cm³/mol. The molecule has 10 heteroatoms. The lowest BCUT2D eigenvalue weighted by atomic mass is 10.1. The molecule has 1 aromatic heterocycles. The number of nitrogens with one attached hydrogen (secondary N) is 1. The van der Waals surface area contributed by atoms with Crippen molar-refractivity contribution in [3.05, 3.63) is 75.0 Å². The third-order valence-electron chi connectivity index (χ3n) is 5.67. The molecule has 0 spiro atoms. The van der Waals surface area contributed by atoms with Crippen molar-refractivity contribution in [3.63, 3.8) is 0 Å². The molecule has 0 aliphatic carbocycles. The lowest BCUT2D eigenvalue weighted by molar-refractivity contribution is -0.122. The molecule has 0 bridgehead atoms. The van der Waals surface area contributed by atoms with Crippen LogP contribution in [0.3, 0.4) is 0 Å². The van der Waals surface area contributed by atoms with Gasteiger partial charge in [0.05, 0.1) is 35.6 Å². The number of hydrogen-bond acceptors (Lipinski definition) is 5. The van der Waals surface area contributed by atoms with Gasteiger partial charge < -0.3 is 14.0 Å². The molecule has 3 aromatic rings. The van der Waals surface area contributed by atoms with E-state index in [2.05, 4.69) is 5.32 Å². The van der Waals surface area contributed by atoms with E-state index in [1.54, 1.807) is 36.4 Å². The Morgan fingerprint density at radius 1 is 1.00 bits per heavy atom. The molecule has 35 heavy (non-hydrogen) atoms. The maximum absolute atomic E-state index is 13.5. The van der Waals surface area contributed by atoms with Crippen LogP contribution in [0.1, 0.15) is 17.0 Å². The zero-order valence-corrected chi connectivity index (χ0v) is 21.6. The fourth-order valence-electron chi connectivity index (χ4n) is 3.97. The molecule has 0 unspecified atom stereocenters. The van der Waals surface area contributed by atoms with Crippen LogP contribution in [0, 0.1) is 13.8 Å². The molecular formula is C25H21Cl2N3O4S. The highest BCUT2D eigenvalue weighted by Gasteiger charge is 2.36. The number of aryl methyl sites for hydroxylation is 1. The summed E-state index contributed by atoms with van der Waals surface area (Å²) in [6, 6.07) is 12.2. The van der Waals surface area contributed by atoms with Crippen molar-refractivity contribution in [2.45, 2.75) is 13.8 Å². The van der Waals surface area contributed by atoms with E-state index < -0.39 is 11.8 Å². The molecule has 2 aromatic carbocycles. The first-order chi connectivity index (χ1) is 16.7. The van der Waals surface area contributed by atoms with E-state index in [1.165, 1.54) is 19.1 Å². The van der Waals surface area contributed by atoms with Gasteiger partial charge in [0.25, 0.3) is 11.8 Å². The maximum Gasteiger partial charge on any atom is 0.270 e. The van der Waals surface area contributed by atoms with E-state index in [4.69, 9.17) is 44.9 Å². The van der Waals surface area contributed by atoms with Gasteiger partial charge in [0, 0.05) is 17.5 Å². The molecular weight excluding hydrogens is 509 g/mol. The van der Waals surface area contributed by atoms with E-state index in [0.717, 1.165) is 11.4 Å². The molecule has 2 amide bonds. The number of halogens is 2. The zero-order valence-electron chi connectivity index (χ0n) is 19.3. The fraction of sp³-hybridized carbons (Fsp3) is 0.160. The van der Waals surface area contributed by atoms with Gasteiger partial charge in [-0.3, -0.25) is 14.9 Å². The summed E-state index contributed by atoms with van der Waals surface area (Å²) < 4.78 is 12.6. The quantitative estimate of drug-likeness (QED) is 0.277. The summed E-state index contributed by atoms with van der Waals surface area (Å²) in [5.74, 6) is -0.251. The van der Waals surface area contributed by atoms with E-state index in [0.29, 0.717) is 38.5 Å². The standard InChI is InChI=1S/C25H21Cl2N3O4S/c1-13-10-15(14(2)29(13)20-7-5-6-18(26)22(20)27)11-17-23(31)28-25(35)30(24(17)32)19-9-8-16(33-3)12-21(19)34-4/h5-12H,1-4H3,(H,28,31,35)/b17-11+. The Hall–Kier alpha value is -3.33. The lowest BCUT2D eigenvalue weighted by Gasteiger charge is -2.30. The smallest absolute Gasteiger partial charge is 0.270 e. The molecule has 180 valence electrons. The third kappa shape index (κ3) is 4.40. The first-order valence-corrected chi connectivity index (χ1v) is 11.6. The number of aromatic nitrogens is 1. The van der Waals surface area contributed by atoms with Gasteiger partial charge in [0.15, 0.2) is 5.11 Å². The van der Waals surface area contributed by atoms with E-state index in [-0.39, 0.29) is 10.7 Å². The molecule has 2 heterocycles. The number of amides is 2. The van der Waals surface area contributed by atoms with E-state index in [9.17, 15) is 9.59 Å². The lowest BCUT2D eigenvalue weighted by Crippen LogP contribution is -2.54. The molecule has 1 N–H and O–H groups in total. The van der Waals surface area contributed by atoms with Crippen LogP contribution in [-0.4, -0.2) is 35.7 Å². The highest BCUT2D eigenvalue weighted by molar-refractivity contribution is 7.80. The number of ether oxygens (including phenoxy) is 2. The molecule has 1 saturated heterocycles. The van der Waals surface area contributed by atoms with Crippen LogP contribution in [0.2, 0.25) is 10.0 Å². The molecule has 0 atom stereocenters. The second-order valence-corrected chi connectivity index (χ2v) is 8.90. The molecule has 7 nitrogen and oxygen atoms in total. The van der Waals surface area contributed by atoms with Gasteiger partial charge >= 0.3 is 0 Å². The van der Waals surface area contributed by atoms with Crippen LogP contribution in [-0.2, 0) is 9.59 Å². The molecule has 4 rings (SSSR count). The third-order valence-corrected chi connectivity index (χ3v) is 6.77. The number of thiocarbonyl (C=S) groups is 1. The molecule has 1 aliphatic heterocycles. The van der Waals surface area contributed by atoms with Crippen molar-refractivity contribution < 1.29 is 19.1 Å². The minimum Gasteiger partial charge on any atom is -0.497 e. The number of rotatable bonds is 5. The van der Waals surface area contributed by atoms with E-state index >= 15 is 0 Å². The van der Waals surface area contributed by atoms with Crippen molar-refractivity contribution in [2.24, 2.45) is 0 Å². The summed E-state index contributed by atoms with van der Waals surface area (Å²) in [7, 11) is 3.00. The minimum atomic E-state index is -0.589. The van der Waals surface area contributed by atoms with Gasteiger partial charge in [-0.1, -0.05) is 29.3 Å². The van der Waals surface area contributed by atoms with Crippen molar-refractivity contribution >= 4 is 64.1 Å². The number of hydrogen-bond donors (Lipinski definition) is 1. The molecule has 1 fully saturated rings. The van der Waals surface area contributed by atoms with Crippen molar-refractivity contribution in [1.29, 1.82) is 0 Å². The Kier molecular flexibility index (Phi) is 6.89. The summed E-state index contributed by atoms with van der Waals surface area (Å²) in [6.45, 7) is 3.77. The highest BCUT2D eigenvalue weighted by Crippen LogP contribution is 2.35. The van der Waals surface area contributed by atoms with Crippen LogP contribution < -0.4 is 19.7 Å². The van der Waals surface area contributed by atoms with E-state index in [1.807, 2.05) is 30.5 Å². The highest BCUT2D eigenvalue weighted by atomic mass is 35.5. The minimum absolute atomic E-state index is 0.0446. The zero-order chi connectivity index (χ0) is 25.4. The molecule has 0 radical (unpaired) electrons. The number of nitrogens with zero attached hydrogens (tertiary/aromatic N) is 2. The van der Waals surface area contributed by atoms with Gasteiger partial charge in [0.2, 0.25) is 0 Å². The average molecular weight is 530 g/mol. The Labute approximate surface area is 217 Å². The topological polar surface area (TPSA) is 72.8 Å². The second-order valence-electron chi connectivity index (χ2n) is 7.73. The normalized spacial score (nSPS) is 15.0. The van der Waals surface area contributed by atoms with Crippen molar-refractivity contribution in [3.8, 4) is 17.2 Å². The largest absolute Gasteiger partial charge is 0.497 e. The summed E-state index contributed by atoms with van der Waals surface area (Å²) in [5, 5.41) is 3.38. The molecule has 0 saturated carbocycles. The first kappa shape index (κ1) is 24.8. The van der Waals surface area contributed by atoms with Crippen LogP contribution in [0.5, 0.6) is 11.5 Å². The number of carbonyl (C=O) groups is 2. The Morgan fingerprint density at radius 3 is 2.43 bits per heavy atom. The SMILES string of the molecule is COc1ccc(N2C(=O)/C(=C/c3cc(C)n(-c4cccc(Cl)c4Cl)c3C)C(=O)NC2=S)c(OC)c1. The van der Waals surface area contributed by atoms with Crippen molar-refractivity contribution in [2.75, 3.05) is 19.1 Å². The second kappa shape index (κ2) is 9.73. The van der Waals surface area contributed by atoms with Gasteiger partial charge in [-0.05, 0) is 68.0 Å². The van der Waals surface area contributed by atoms with Gasteiger partial charge in [0.1, 0.15) is 17.1 Å². The Bertz CT molecular complexity index is 1410. The number of anilines is 1. The number of benzene rings is 2. The first-order valence-electron chi connectivity index (χ1n) is 10.4. The number of carbonyl (C=O) groups excluding carboxylic acids is 2. The Morgan fingerprint density at radius 2 is 1.74 bits per heavy atom. The van der Waals surface area contributed by atoms with Crippen molar-refractivity contribution in [1.82, 2.24) is 9.88 Å². The summed E-state index contributed by atoms with van der Waals surface area (Å²) in [4.78, 5) is 27.6. The Balaban J connectivity index is 1.80. The maximum atomic E-state index is 13.5. The van der Waals surface area contributed by atoms with Gasteiger partial charge in [-0.25, -0.2) is 4.90 Å². The molecule has 1 aliphatic rings. The summed E-state index contributed by atoms with van der Waals surface area (Å²) in [5.41, 5.74) is 3.31. The van der Waals surface area contributed by atoms with Crippen LogP contribution >= 0.6 is 35.4 Å².